The zero-order chi connectivity index (χ0) is 37.1. The molecule has 0 radical (unpaired) electrons. The van der Waals surface area contributed by atoms with Gasteiger partial charge in [-0.1, -0.05) is 99.6 Å². The quantitative estimate of drug-likeness (QED) is 0.177. The van der Waals surface area contributed by atoms with Crippen LogP contribution in [0, 0.1) is 5.95 Å². The summed E-state index contributed by atoms with van der Waals surface area (Å²) in [5, 5.41) is 2.37. The molecule has 0 saturated carbocycles. The van der Waals surface area contributed by atoms with Crippen molar-refractivity contribution < 1.29 is 4.39 Å². The van der Waals surface area contributed by atoms with Crippen LogP contribution in [0.5, 0.6) is 0 Å². The average molecular weight is 688 g/mol. The third-order valence-electron chi connectivity index (χ3n) is 10.4. The van der Waals surface area contributed by atoms with Gasteiger partial charge in [0.25, 0.3) is 0 Å². The Hall–Kier alpha value is -5.09. The molecule has 7 rings (SSSR count). The molecular weight excluding hydrogens is 638 g/mol. The van der Waals surface area contributed by atoms with E-state index in [1.54, 1.807) is 6.07 Å². The molecule has 0 aliphatic rings. The van der Waals surface area contributed by atoms with Gasteiger partial charge in [-0.2, -0.15) is 4.39 Å². The summed E-state index contributed by atoms with van der Waals surface area (Å²) in [6, 6.07) is 34.0. The molecular formula is C48H50FN3. The molecule has 264 valence electrons. The van der Waals surface area contributed by atoms with E-state index in [0.717, 1.165) is 44.5 Å². The molecule has 0 unspecified atom stereocenters. The van der Waals surface area contributed by atoms with Gasteiger partial charge in [-0.15, -0.1) is 0 Å². The maximum Gasteiger partial charge on any atom is 0.213 e. The first kappa shape index (κ1) is 35.3. The van der Waals surface area contributed by atoms with Crippen molar-refractivity contribution in [3.8, 4) is 44.8 Å². The number of nitrogens with one attached hydrogen (secondary N) is 1. The maximum atomic E-state index is 14.7. The Morgan fingerprint density at radius 2 is 1.10 bits per heavy atom. The van der Waals surface area contributed by atoms with Crippen molar-refractivity contribution in [2.75, 3.05) is 0 Å². The fraction of sp³-hybridized carbons (Fsp3) is 0.292. The summed E-state index contributed by atoms with van der Waals surface area (Å²) in [7, 11) is 0. The number of pyridine rings is 2. The van der Waals surface area contributed by atoms with Crippen molar-refractivity contribution in [2.24, 2.45) is 0 Å². The third-order valence-corrected chi connectivity index (χ3v) is 10.4. The van der Waals surface area contributed by atoms with Crippen molar-refractivity contribution in [3.63, 3.8) is 0 Å². The number of H-pyrrole nitrogens is 1. The topological polar surface area (TPSA) is 41.6 Å². The van der Waals surface area contributed by atoms with Crippen LogP contribution in [0.2, 0.25) is 0 Å². The second-order valence-electron chi connectivity index (χ2n) is 17.0. The third kappa shape index (κ3) is 6.56. The summed E-state index contributed by atoms with van der Waals surface area (Å²) in [6.07, 6.45) is 1.87. The summed E-state index contributed by atoms with van der Waals surface area (Å²) in [5.74, 6) is 0.152. The first-order valence-electron chi connectivity index (χ1n) is 18.6. The first-order chi connectivity index (χ1) is 24.6. The van der Waals surface area contributed by atoms with Crippen molar-refractivity contribution in [2.45, 2.75) is 91.9 Å². The van der Waals surface area contributed by atoms with Gasteiger partial charge >= 0.3 is 0 Å². The van der Waals surface area contributed by atoms with Gasteiger partial charge in [-0.3, -0.25) is 4.98 Å². The molecule has 4 aromatic carbocycles. The Labute approximate surface area is 308 Å². The van der Waals surface area contributed by atoms with E-state index >= 15 is 0 Å². The lowest BCUT2D eigenvalue weighted by molar-refractivity contribution is 0.585. The molecule has 0 atom stereocenters. The number of aromatic amines is 1. The molecule has 7 aromatic rings. The monoisotopic (exact) mass is 687 g/mol. The van der Waals surface area contributed by atoms with E-state index in [1.807, 2.05) is 18.3 Å². The van der Waals surface area contributed by atoms with Gasteiger partial charge in [0.1, 0.15) is 0 Å². The van der Waals surface area contributed by atoms with Crippen molar-refractivity contribution >= 4 is 21.8 Å². The summed E-state index contributed by atoms with van der Waals surface area (Å²) in [6.45, 7) is 22.7. The molecule has 0 aliphatic heterocycles. The molecule has 3 heterocycles. The Bertz CT molecular complexity index is 2410. The number of aromatic nitrogens is 3. The number of hydrogen-bond acceptors (Lipinski definition) is 2. The van der Waals surface area contributed by atoms with E-state index in [-0.39, 0.29) is 10.8 Å². The lowest BCUT2D eigenvalue weighted by Crippen LogP contribution is -2.11. The van der Waals surface area contributed by atoms with Crippen LogP contribution in [-0.4, -0.2) is 15.0 Å². The number of benzene rings is 4. The van der Waals surface area contributed by atoms with Crippen LogP contribution in [0.25, 0.3) is 66.6 Å². The van der Waals surface area contributed by atoms with Crippen LogP contribution in [0.3, 0.4) is 0 Å². The van der Waals surface area contributed by atoms with E-state index in [0.29, 0.717) is 17.5 Å². The van der Waals surface area contributed by atoms with Crippen LogP contribution in [0.4, 0.5) is 4.39 Å². The van der Waals surface area contributed by atoms with Crippen molar-refractivity contribution in [1.82, 2.24) is 15.0 Å². The highest BCUT2D eigenvalue weighted by Gasteiger charge is 2.25. The van der Waals surface area contributed by atoms with Gasteiger partial charge in [0, 0.05) is 33.7 Å². The first-order valence-corrected chi connectivity index (χ1v) is 18.6. The van der Waals surface area contributed by atoms with Crippen molar-refractivity contribution in [1.29, 1.82) is 0 Å². The summed E-state index contributed by atoms with van der Waals surface area (Å²) >= 11 is 0. The highest BCUT2D eigenvalue weighted by molar-refractivity contribution is 6.16. The zero-order valence-electron chi connectivity index (χ0n) is 32.2. The van der Waals surface area contributed by atoms with E-state index in [2.05, 4.69) is 152 Å². The highest BCUT2D eigenvalue weighted by Crippen LogP contribution is 2.45. The Kier molecular flexibility index (Phi) is 8.93. The molecule has 0 fully saturated rings. The second kappa shape index (κ2) is 13.2. The Morgan fingerprint density at radius 3 is 1.65 bits per heavy atom. The lowest BCUT2D eigenvalue weighted by Gasteiger charge is -2.23. The smallest absolute Gasteiger partial charge is 0.213 e. The fourth-order valence-electron chi connectivity index (χ4n) is 7.45. The number of hydrogen-bond donors (Lipinski definition) is 1. The van der Waals surface area contributed by atoms with E-state index < -0.39 is 5.95 Å². The highest BCUT2D eigenvalue weighted by atomic mass is 19.1. The Balaban J connectivity index is 1.62. The van der Waals surface area contributed by atoms with Gasteiger partial charge < -0.3 is 4.98 Å². The average Bonchev–Trinajstić information content (AvgIpc) is 3.48. The molecule has 52 heavy (non-hydrogen) atoms. The largest absolute Gasteiger partial charge is 0.353 e. The van der Waals surface area contributed by atoms with Gasteiger partial charge in [0.2, 0.25) is 5.95 Å². The van der Waals surface area contributed by atoms with Crippen molar-refractivity contribution in [3.05, 3.63) is 131 Å². The van der Waals surface area contributed by atoms with Gasteiger partial charge in [0.15, 0.2) is 0 Å². The van der Waals surface area contributed by atoms with Crippen LogP contribution < -0.4 is 0 Å². The van der Waals surface area contributed by atoms with E-state index in [4.69, 9.17) is 4.98 Å². The number of fused-ring (bicyclic) bond motifs is 3. The molecule has 1 N–H and O–H groups in total. The predicted octanol–water partition coefficient (Wildman–Crippen LogP) is 13.8. The fourth-order valence-corrected chi connectivity index (χ4v) is 7.45. The summed E-state index contributed by atoms with van der Waals surface area (Å²) in [5.41, 5.74) is 15.1. The molecule has 4 heteroatoms. The molecule has 3 nitrogen and oxygen atoms in total. The summed E-state index contributed by atoms with van der Waals surface area (Å²) in [4.78, 5) is 13.1. The van der Waals surface area contributed by atoms with E-state index in [9.17, 15) is 4.39 Å². The molecule has 3 aromatic heterocycles. The molecule has 0 bridgehead atoms. The SMILES string of the molecule is CC(C)c1cccc(C(C)C)c1-c1cc(-c2cccc(F)n2)cc(-c2cc(C(C)(C)C)cc3c2[nH]c2c(-c4ccccn4)cc(C(C)(C)C)cc23)c1. The van der Waals surface area contributed by atoms with Gasteiger partial charge in [-0.25, -0.2) is 4.98 Å². The molecule has 0 saturated heterocycles. The number of halogens is 1. The molecule has 0 aliphatic carbocycles. The normalized spacial score (nSPS) is 12.5. The van der Waals surface area contributed by atoms with Crippen LogP contribution in [0.1, 0.15) is 103 Å². The van der Waals surface area contributed by atoms with Crippen LogP contribution in [0.15, 0.2) is 103 Å². The summed E-state index contributed by atoms with van der Waals surface area (Å²) < 4.78 is 14.7. The zero-order valence-corrected chi connectivity index (χ0v) is 32.2. The molecule has 0 spiro atoms. The second-order valence-corrected chi connectivity index (χ2v) is 17.0. The van der Waals surface area contributed by atoms with Gasteiger partial charge in [0.05, 0.1) is 22.4 Å². The predicted molar refractivity (Wildman–Crippen MR) is 219 cm³/mol. The minimum absolute atomic E-state index is 0.0646. The minimum Gasteiger partial charge on any atom is -0.353 e. The number of nitrogens with zero attached hydrogens (tertiary/aromatic N) is 2. The maximum absolute atomic E-state index is 14.7. The lowest BCUT2D eigenvalue weighted by atomic mass is 9.81. The van der Waals surface area contributed by atoms with Crippen LogP contribution >= 0.6 is 0 Å². The minimum atomic E-state index is -0.487. The van der Waals surface area contributed by atoms with Gasteiger partial charge in [-0.05, 0) is 128 Å². The standard InChI is InChI=1S/C48H50FN3/c1-28(2)35-15-13-16-36(29(3)4)44(35)32-22-30(21-31(23-32)41-18-14-19-43(49)51-41)37-24-33(47(5,6)7)25-38-39-26-34(48(8,9)10)27-40(46(39)52-45(37)38)42-17-11-12-20-50-42/h11-29,52H,1-10H3. The van der Waals surface area contributed by atoms with E-state index in [1.165, 1.54) is 44.7 Å². The Morgan fingerprint density at radius 1 is 0.558 bits per heavy atom. The molecule has 0 amide bonds. The number of rotatable bonds is 6. The van der Waals surface area contributed by atoms with Crippen LogP contribution in [-0.2, 0) is 10.8 Å².